The van der Waals surface area contributed by atoms with Crippen molar-refractivity contribution >= 4 is 40.5 Å². The van der Waals surface area contributed by atoms with Gasteiger partial charge in [-0.2, -0.15) is 0 Å². The number of amidine groups is 1. The molecule has 1 aromatic heterocycles. The van der Waals surface area contributed by atoms with Gasteiger partial charge in [0.05, 0.1) is 10.9 Å². The molecule has 0 radical (unpaired) electrons. The molecule has 3 aliphatic rings. The van der Waals surface area contributed by atoms with Crippen LogP contribution >= 0.6 is 23.4 Å². The number of benzene rings is 1. The van der Waals surface area contributed by atoms with Crippen LogP contribution in [0.5, 0.6) is 0 Å². The molecule has 2 saturated carbocycles. The Balaban J connectivity index is 1.48. The highest BCUT2D eigenvalue weighted by Crippen LogP contribution is 2.39. The molecule has 1 saturated heterocycles. The van der Waals surface area contributed by atoms with Crippen molar-refractivity contribution in [1.29, 1.82) is 0 Å². The van der Waals surface area contributed by atoms with Gasteiger partial charge in [-0.3, -0.25) is 14.7 Å². The van der Waals surface area contributed by atoms with Gasteiger partial charge in [-0.1, -0.05) is 50.1 Å². The van der Waals surface area contributed by atoms with E-state index >= 15 is 0 Å². The normalized spacial score (nSPS) is 22.9. The first-order valence-electron chi connectivity index (χ1n) is 12.8. The van der Waals surface area contributed by atoms with Crippen molar-refractivity contribution in [2.75, 3.05) is 0 Å². The lowest BCUT2D eigenvalue weighted by Crippen LogP contribution is -2.41. The first kappa shape index (κ1) is 23.7. The Labute approximate surface area is 212 Å². The molecular weight excluding hydrogens is 462 g/mol. The van der Waals surface area contributed by atoms with Crippen molar-refractivity contribution in [3.63, 3.8) is 0 Å². The van der Waals surface area contributed by atoms with E-state index in [9.17, 15) is 4.79 Å². The SMILES string of the molecule is Cc1cc(/C=C2\SC(=NC3CCCCC3)N(C3CCCCC3)C2=O)c(C)n1-c1ccc(Cl)cc1. The summed E-state index contributed by atoms with van der Waals surface area (Å²) in [4.78, 5) is 21.7. The maximum absolute atomic E-state index is 13.7. The lowest BCUT2D eigenvalue weighted by Gasteiger charge is -2.31. The van der Waals surface area contributed by atoms with E-state index < -0.39 is 0 Å². The van der Waals surface area contributed by atoms with Gasteiger partial charge in [0.1, 0.15) is 0 Å². The van der Waals surface area contributed by atoms with Crippen LogP contribution in [0.1, 0.15) is 81.2 Å². The number of hydrogen-bond donors (Lipinski definition) is 0. The van der Waals surface area contributed by atoms with E-state index in [1.54, 1.807) is 11.8 Å². The summed E-state index contributed by atoms with van der Waals surface area (Å²) in [6, 6.07) is 10.7. The Morgan fingerprint density at radius 1 is 0.971 bits per heavy atom. The van der Waals surface area contributed by atoms with E-state index in [1.807, 2.05) is 24.3 Å². The summed E-state index contributed by atoms with van der Waals surface area (Å²) in [6.45, 7) is 4.23. The molecule has 1 aliphatic heterocycles. The van der Waals surface area contributed by atoms with Crippen molar-refractivity contribution in [2.24, 2.45) is 4.99 Å². The number of aliphatic imine (C=N–C) groups is 1. The highest BCUT2D eigenvalue weighted by molar-refractivity contribution is 8.18. The van der Waals surface area contributed by atoms with E-state index in [-0.39, 0.29) is 5.91 Å². The van der Waals surface area contributed by atoms with E-state index in [4.69, 9.17) is 16.6 Å². The van der Waals surface area contributed by atoms with Gasteiger partial charge in [0.15, 0.2) is 5.17 Å². The van der Waals surface area contributed by atoms with Crippen molar-refractivity contribution in [3.05, 3.63) is 57.2 Å². The van der Waals surface area contributed by atoms with E-state index in [0.29, 0.717) is 12.1 Å². The summed E-state index contributed by atoms with van der Waals surface area (Å²) < 4.78 is 2.22. The standard InChI is InChI=1S/C28H34ClN3OS/c1-19-17-21(20(2)31(19)25-15-13-22(29)14-16-25)18-26-27(33)32(24-11-7-4-8-12-24)28(34-26)30-23-9-5-3-6-10-23/h13-18,23-24H,3-12H2,1-2H3/b26-18-,30-28?. The predicted molar refractivity (Wildman–Crippen MR) is 144 cm³/mol. The summed E-state index contributed by atoms with van der Waals surface area (Å²) in [5, 5.41) is 1.68. The molecule has 2 heterocycles. The third kappa shape index (κ3) is 4.87. The smallest absolute Gasteiger partial charge is 0.267 e. The lowest BCUT2D eigenvalue weighted by molar-refractivity contribution is -0.124. The minimum atomic E-state index is 0.141. The summed E-state index contributed by atoms with van der Waals surface area (Å²) in [6.07, 6.45) is 14.1. The minimum absolute atomic E-state index is 0.141. The Morgan fingerprint density at radius 3 is 2.29 bits per heavy atom. The quantitative estimate of drug-likeness (QED) is 0.408. The van der Waals surface area contributed by atoms with Crippen LogP contribution in [0.25, 0.3) is 11.8 Å². The van der Waals surface area contributed by atoms with Crippen molar-refractivity contribution in [3.8, 4) is 5.69 Å². The minimum Gasteiger partial charge on any atom is -0.318 e. The Morgan fingerprint density at radius 2 is 1.62 bits per heavy atom. The molecule has 5 rings (SSSR count). The fraction of sp³-hybridized carbons (Fsp3) is 0.500. The number of aromatic nitrogens is 1. The average Bonchev–Trinajstić information content (AvgIpc) is 3.30. The molecule has 0 N–H and O–H groups in total. The number of hydrogen-bond acceptors (Lipinski definition) is 3. The van der Waals surface area contributed by atoms with Crippen LogP contribution in [0.2, 0.25) is 5.02 Å². The van der Waals surface area contributed by atoms with Crippen LogP contribution in [0, 0.1) is 13.8 Å². The van der Waals surface area contributed by atoms with Crippen LogP contribution in [0.15, 0.2) is 40.2 Å². The first-order chi connectivity index (χ1) is 16.5. The van der Waals surface area contributed by atoms with Gasteiger partial charge < -0.3 is 4.57 Å². The van der Waals surface area contributed by atoms with Gasteiger partial charge in [-0.05, 0) is 93.3 Å². The molecule has 0 unspecified atom stereocenters. The second-order valence-corrected chi connectivity index (χ2v) is 11.4. The Bertz CT molecular complexity index is 1110. The topological polar surface area (TPSA) is 37.6 Å². The van der Waals surface area contributed by atoms with Crippen molar-refractivity contribution < 1.29 is 4.79 Å². The zero-order chi connectivity index (χ0) is 23.7. The fourth-order valence-electron chi connectivity index (χ4n) is 5.67. The number of carbonyl (C=O) groups excluding carboxylic acids is 1. The molecule has 4 nitrogen and oxygen atoms in total. The molecule has 2 aliphatic carbocycles. The Hall–Kier alpha value is -1.98. The monoisotopic (exact) mass is 495 g/mol. The maximum atomic E-state index is 13.7. The number of aryl methyl sites for hydroxylation is 1. The predicted octanol–water partition coefficient (Wildman–Crippen LogP) is 7.69. The fourth-order valence-corrected chi connectivity index (χ4v) is 6.89. The summed E-state index contributed by atoms with van der Waals surface area (Å²) in [5.41, 5.74) is 4.44. The van der Waals surface area contributed by atoms with Crippen LogP contribution in [-0.4, -0.2) is 32.6 Å². The molecule has 3 fully saturated rings. The van der Waals surface area contributed by atoms with Crippen LogP contribution in [-0.2, 0) is 4.79 Å². The van der Waals surface area contributed by atoms with Crippen molar-refractivity contribution in [2.45, 2.75) is 90.1 Å². The highest BCUT2D eigenvalue weighted by atomic mass is 35.5. The van der Waals surface area contributed by atoms with E-state index in [1.165, 1.54) is 38.5 Å². The molecule has 0 spiro atoms. The second kappa shape index (κ2) is 10.3. The van der Waals surface area contributed by atoms with Gasteiger partial charge in [0.2, 0.25) is 0 Å². The first-order valence-corrected chi connectivity index (χ1v) is 14.0. The maximum Gasteiger partial charge on any atom is 0.267 e. The zero-order valence-corrected chi connectivity index (χ0v) is 21.8. The third-order valence-corrected chi connectivity index (χ3v) is 8.74. The second-order valence-electron chi connectivity index (χ2n) is 9.92. The van der Waals surface area contributed by atoms with Gasteiger partial charge in [-0.15, -0.1) is 0 Å². The van der Waals surface area contributed by atoms with Crippen LogP contribution in [0.4, 0.5) is 0 Å². The number of carbonyl (C=O) groups is 1. The molecule has 0 bridgehead atoms. The number of amides is 1. The lowest BCUT2D eigenvalue weighted by atomic mass is 9.94. The number of rotatable bonds is 4. The molecule has 2 aromatic rings. The van der Waals surface area contributed by atoms with E-state index in [2.05, 4.69) is 35.5 Å². The number of nitrogens with zero attached hydrogens (tertiary/aromatic N) is 3. The molecule has 1 aromatic carbocycles. The summed E-state index contributed by atoms with van der Waals surface area (Å²) >= 11 is 7.69. The molecule has 34 heavy (non-hydrogen) atoms. The van der Waals surface area contributed by atoms with Crippen LogP contribution < -0.4 is 0 Å². The molecule has 180 valence electrons. The number of thioether (sulfide) groups is 1. The number of halogens is 1. The molecule has 1 amide bonds. The van der Waals surface area contributed by atoms with Gasteiger partial charge >= 0.3 is 0 Å². The Kier molecular flexibility index (Phi) is 7.22. The van der Waals surface area contributed by atoms with Gasteiger partial charge in [-0.25, -0.2) is 0 Å². The van der Waals surface area contributed by atoms with Gasteiger partial charge in [0, 0.05) is 28.1 Å². The molecular formula is C28H34ClN3OS. The largest absolute Gasteiger partial charge is 0.318 e. The molecule has 0 atom stereocenters. The summed E-state index contributed by atoms with van der Waals surface area (Å²) in [5.74, 6) is 0.141. The zero-order valence-electron chi connectivity index (χ0n) is 20.2. The van der Waals surface area contributed by atoms with Gasteiger partial charge in [0.25, 0.3) is 5.91 Å². The third-order valence-electron chi connectivity index (χ3n) is 7.49. The average molecular weight is 496 g/mol. The highest BCUT2D eigenvalue weighted by Gasteiger charge is 2.39. The molecule has 6 heteroatoms. The summed E-state index contributed by atoms with van der Waals surface area (Å²) in [7, 11) is 0. The van der Waals surface area contributed by atoms with Crippen LogP contribution in [0.3, 0.4) is 0 Å². The van der Waals surface area contributed by atoms with Crippen molar-refractivity contribution in [1.82, 2.24) is 9.47 Å². The van der Waals surface area contributed by atoms with E-state index in [0.717, 1.165) is 63.4 Å².